The van der Waals surface area contributed by atoms with Crippen LogP contribution in [0.3, 0.4) is 0 Å². The third-order valence-electron chi connectivity index (χ3n) is 4.46. The van der Waals surface area contributed by atoms with Gasteiger partial charge in [-0.1, -0.05) is 17.3 Å². The highest BCUT2D eigenvalue weighted by Gasteiger charge is 2.34. The lowest BCUT2D eigenvalue weighted by Crippen LogP contribution is -2.24. The molecule has 6 nitrogen and oxygen atoms in total. The van der Waals surface area contributed by atoms with Crippen molar-refractivity contribution in [2.45, 2.75) is 23.8 Å². The Bertz CT molecular complexity index is 895. The van der Waals surface area contributed by atoms with E-state index in [4.69, 9.17) is 4.52 Å². The molecule has 1 amide bonds. The standard InChI is InChI=1S/C19H18N4O2S/c1-26-16-6-4-13(5-7-16)11-23-12-15(9-17(23)24)19-21-18(22-25-19)14-3-2-8-20-10-14/h2-8,10,15H,9,11-12H2,1H3. The zero-order valence-corrected chi connectivity index (χ0v) is 15.1. The molecule has 4 rings (SSSR count). The van der Waals surface area contributed by atoms with Gasteiger partial charge in [-0.25, -0.2) is 0 Å². The van der Waals surface area contributed by atoms with Crippen LogP contribution in [0.25, 0.3) is 11.4 Å². The maximum atomic E-state index is 12.4. The predicted octanol–water partition coefficient (Wildman–Crippen LogP) is 3.37. The van der Waals surface area contributed by atoms with Crippen LogP contribution in [-0.2, 0) is 11.3 Å². The molecule has 132 valence electrons. The summed E-state index contributed by atoms with van der Waals surface area (Å²) < 4.78 is 5.41. The number of carbonyl (C=O) groups is 1. The van der Waals surface area contributed by atoms with Gasteiger partial charge in [-0.2, -0.15) is 4.98 Å². The highest BCUT2D eigenvalue weighted by molar-refractivity contribution is 7.98. The maximum absolute atomic E-state index is 12.4. The largest absolute Gasteiger partial charge is 0.339 e. The molecule has 3 aromatic rings. The van der Waals surface area contributed by atoms with Crippen LogP contribution in [0, 0.1) is 0 Å². The average Bonchev–Trinajstić information content (AvgIpc) is 3.31. The van der Waals surface area contributed by atoms with Crippen molar-refractivity contribution in [1.82, 2.24) is 20.0 Å². The Morgan fingerprint density at radius 2 is 2.12 bits per heavy atom. The summed E-state index contributed by atoms with van der Waals surface area (Å²) in [5.41, 5.74) is 1.93. The molecule has 1 fully saturated rings. The zero-order chi connectivity index (χ0) is 17.9. The molecule has 7 heteroatoms. The SMILES string of the molecule is CSc1ccc(CN2CC(c3nc(-c4cccnc4)no3)CC2=O)cc1. The summed E-state index contributed by atoms with van der Waals surface area (Å²) in [6.45, 7) is 1.20. The Morgan fingerprint density at radius 1 is 1.27 bits per heavy atom. The van der Waals surface area contributed by atoms with Gasteiger partial charge in [0.05, 0.1) is 5.92 Å². The minimum atomic E-state index is -0.0640. The second-order valence-corrected chi connectivity index (χ2v) is 7.10. The van der Waals surface area contributed by atoms with E-state index in [1.54, 1.807) is 24.2 Å². The number of carbonyl (C=O) groups excluding carboxylic acids is 1. The van der Waals surface area contributed by atoms with Crippen LogP contribution in [0.5, 0.6) is 0 Å². The van der Waals surface area contributed by atoms with E-state index in [0.29, 0.717) is 31.2 Å². The molecule has 1 unspecified atom stereocenters. The topological polar surface area (TPSA) is 72.1 Å². The summed E-state index contributed by atoms with van der Waals surface area (Å²) in [4.78, 5) is 24.0. The van der Waals surface area contributed by atoms with Gasteiger partial charge in [0, 0.05) is 42.4 Å². The van der Waals surface area contributed by atoms with Gasteiger partial charge >= 0.3 is 0 Å². The average molecular weight is 366 g/mol. The van der Waals surface area contributed by atoms with Crippen LogP contribution in [0.2, 0.25) is 0 Å². The van der Waals surface area contributed by atoms with Crippen LogP contribution in [0.4, 0.5) is 0 Å². The van der Waals surface area contributed by atoms with Gasteiger partial charge in [0.1, 0.15) is 0 Å². The first-order valence-electron chi connectivity index (χ1n) is 8.37. The smallest absolute Gasteiger partial charge is 0.232 e. The van der Waals surface area contributed by atoms with E-state index in [9.17, 15) is 4.79 Å². The van der Waals surface area contributed by atoms with Crippen molar-refractivity contribution in [3.05, 3.63) is 60.2 Å². The minimum absolute atomic E-state index is 0.0640. The lowest BCUT2D eigenvalue weighted by Gasteiger charge is -2.16. The molecule has 0 bridgehead atoms. The number of likely N-dealkylation sites (tertiary alicyclic amines) is 1. The van der Waals surface area contributed by atoms with Crippen molar-refractivity contribution >= 4 is 17.7 Å². The first-order valence-corrected chi connectivity index (χ1v) is 9.60. The number of hydrogen-bond acceptors (Lipinski definition) is 6. The normalized spacial score (nSPS) is 17.0. The number of amides is 1. The van der Waals surface area contributed by atoms with Gasteiger partial charge in [0.15, 0.2) is 0 Å². The number of hydrogen-bond donors (Lipinski definition) is 0. The lowest BCUT2D eigenvalue weighted by atomic mass is 10.1. The highest BCUT2D eigenvalue weighted by Crippen LogP contribution is 2.29. The number of rotatable bonds is 5. The van der Waals surface area contributed by atoms with Gasteiger partial charge in [0.2, 0.25) is 17.6 Å². The van der Waals surface area contributed by atoms with E-state index in [0.717, 1.165) is 11.1 Å². The molecule has 0 saturated carbocycles. The van der Waals surface area contributed by atoms with Crippen molar-refractivity contribution in [2.24, 2.45) is 0 Å². The second kappa shape index (κ2) is 7.29. The first-order chi connectivity index (χ1) is 12.7. The molecule has 0 radical (unpaired) electrons. The van der Waals surface area contributed by atoms with E-state index in [2.05, 4.69) is 39.4 Å². The van der Waals surface area contributed by atoms with Crippen molar-refractivity contribution < 1.29 is 9.32 Å². The minimum Gasteiger partial charge on any atom is -0.339 e. The third kappa shape index (κ3) is 3.48. The number of aromatic nitrogens is 3. The molecule has 3 heterocycles. The Morgan fingerprint density at radius 3 is 2.85 bits per heavy atom. The lowest BCUT2D eigenvalue weighted by molar-refractivity contribution is -0.128. The Balaban J connectivity index is 1.45. The number of benzene rings is 1. The summed E-state index contributed by atoms with van der Waals surface area (Å²) in [5, 5.41) is 4.03. The van der Waals surface area contributed by atoms with Crippen LogP contribution >= 0.6 is 11.8 Å². The zero-order valence-electron chi connectivity index (χ0n) is 14.3. The maximum Gasteiger partial charge on any atom is 0.232 e. The molecule has 1 atom stereocenters. The van der Waals surface area contributed by atoms with Crippen molar-refractivity contribution in [1.29, 1.82) is 0 Å². The van der Waals surface area contributed by atoms with E-state index in [-0.39, 0.29) is 11.8 Å². The van der Waals surface area contributed by atoms with E-state index < -0.39 is 0 Å². The first kappa shape index (κ1) is 16.8. The summed E-state index contributed by atoms with van der Waals surface area (Å²) in [5.74, 6) is 1.07. The molecule has 1 aliphatic rings. The fraction of sp³-hybridized carbons (Fsp3) is 0.263. The molecule has 0 aliphatic carbocycles. The van der Waals surface area contributed by atoms with Gasteiger partial charge in [-0.3, -0.25) is 9.78 Å². The van der Waals surface area contributed by atoms with Crippen LogP contribution < -0.4 is 0 Å². The summed E-state index contributed by atoms with van der Waals surface area (Å²) in [6, 6.07) is 12.0. The summed E-state index contributed by atoms with van der Waals surface area (Å²) in [6.07, 6.45) is 5.84. The fourth-order valence-corrected chi connectivity index (χ4v) is 3.46. The third-order valence-corrected chi connectivity index (χ3v) is 5.20. The molecular formula is C19H18N4O2S. The van der Waals surface area contributed by atoms with Gasteiger partial charge in [-0.05, 0) is 36.1 Å². The molecule has 1 aliphatic heterocycles. The monoisotopic (exact) mass is 366 g/mol. The quantitative estimate of drug-likeness (QED) is 0.645. The summed E-state index contributed by atoms with van der Waals surface area (Å²) >= 11 is 1.71. The molecule has 1 saturated heterocycles. The predicted molar refractivity (Wildman–Crippen MR) is 98.5 cm³/mol. The molecule has 0 spiro atoms. The van der Waals surface area contributed by atoms with Gasteiger partial charge in [0.25, 0.3) is 0 Å². The summed E-state index contributed by atoms with van der Waals surface area (Å²) in [7, 11) is 0. The number of thioether (sulfide) groups is 1. The van der Waals surface area contributed by atoms with E-state index >= 15 is 0 Å². The Kier molecular flexibility index (Phi) is 4.71. The van der Waals surface area contributed by atoms with Gasteiger partial charge in [-0.15, -0.1) is 11.8 Å². The molecule has 1 aromatic carbocycles. The van der Waals surface area contributed by atoms with Crippen LogP contribution in [-0.4, -0.2) is 38.7 Å². The van der Waals surface area contributed by atoms with Crippen molar-refractivity contribution in [3.8, 4) is 11.4 Å². The Labute approximate surface area is 155 Å². The van der Waals surface area contributed by atoms with E-state index in [1.807, 2.05) is 23.3 Å². The van der Waals surface area contributed by atoms with Gasteiger partial charge < -0.3 is 9.42 Å². The van der Waals surface area contributed by atoms with Crippen LogP contribution in [0.15, 0.2) is 58.2 Å². The number of nitrogens with zero attached hydrogens (tertiary/aromatic N) is 4. The van der Waals surface area contributed by atoms with E-state index in [1.165, 1.54) is 4.90 Å². The second-order valence-electron chi connectivity index (χ2n) is 6.22. The molecule has 26 heavy (non-hydrogen) atoms. The molecule has 0 N–H and O–H groups in total. The highest BCUT2D eigenvalue weighted by atomic mass is 32.2. The van der Waals surface area contributed by atoms with Crippen LogP contribution in [0.1, 0.15) is 23.8 Å². The molecular weight excluding hydrogens is 348 g/mol. The molecule has 2 aromatic heterocycles. The number of pyridine rings is 1. The van der Waals surface area contributed by atoms with Crippen molar-refractivity contribution in [3.63, 3.8) is 0 Å². The fourth-order valence-electron chi connectivity index (χ4n) is 3.06. The Hall–Kier alpha value is -2.67. The van der Waals surface area contributed by atoms with Crippen molar-refractivity contribution in [2.75, 3.05) is 12.8 Å².